The number of phenolic OH excluding ortho intramolecular Hbond substituents is 1. The van der Waals surface area contributed by atoms with Gasteiger partial charge in [-0.2, -0.15) is 5.26 Å². The molecule has 0 aliphatic heterocycles. The first kappa shape index (κ1) is 19.5. The lowest BCUT2D eigenvalue weighted by Gasteiger charge is -2.11. The van der Waals surface area contributed by atoms with Gasteiger partial charge in [-0.25, -0.2) is 0 Å². The second-order valence-corrected chi connectivity index (χ2v) is 7.44. The Morgan fingerprint density at radius 1 is 1.36 bits per heavy atom. The molecular formula is C20H19N3O4S. The minimum atomic E-state index is -0.640. The smallest absolute Gasteiger partial charge is 0.266 e. The van der Waals surface area contributed by atoms with Crippen LogP contribution < -0.4 is 15.8 Å². The maximum absolute atomic E-state index is 12.6. The van der Waals surface area contributed by atoms with Crippen LogP contribution >= 0.6 is 11.3 Å². The van der Waals surface area contributed by atoms with Crippen molar-refractivity contribution in [2.24, 2.45) is 5.73 Å². The first-order valence-electron chi connectivity index (χ1n) is 8.69. The summed E-state index contributed by atoms with van der Waals surface area (Å²) in [5, 5.41) is 22.3. The zero-order valence-electron chi connectivity index (χ0n) is 15.2. The minimum Gasteiger partial charge on any atom is -0.504 e. The van der Waals surface area contributed by atoms with Gasteiger partial charge in [0.05, 0.1) is 12.7 Å². The van der Waals surface area contributed by atoms with Crippen molar-refractivity contribution in [2.75, 3.05) is 12.4 Å². The largest absolute Gasteiger partial charge is 0.504 e. The van der Waals surface area contributed by atoms with Crippen molar-refractivity contribution in [3.63, 3.8) is 0 Å². The van der Waals surface area contributed by atoms with E-state index >= 15 is 0 Å². The fraction of sp³-hybridized carbons (Fsp3) is 0.250. The number of nitrogens with two attached hydrogens (primary N) is 1. The van der Waals surface area contributed by atoms with Crippen molar-refractivity contribution >= 4 is 34.2 Å². The number of nitrogens with one attached hydrogen (secondary N) is 1. The van der Waals surface area contributed by atoms with Gasteiger partial charge >= 0.3 is 0 Å². The lowest BCUT2D eigenvalue weighted by molar-refractivity contribution is -0.112. The van der Waals surface area contributed by atoms with Crippen LogP contribution in [0.3, 0.4) is 0 Å². The standard InChI is InChI=1S/C20H19N3O4S/c1-27-15-7-6-11(9-14(15)24)8-12(10-21)19(26)23-20-17(18(22)25)13-4-2-3-5-16(13)28-20/h6-9,24H,2-5H2,1H3,(H2,22,25)(H,23,26). The Morgan fingerprint density at radius 3 is 2.75 bits per heavy atom. The van der Waals surface area contributed by atoms with Crippen molar-refractivity contribution in [3.05, 3.63) is 45.3 Å². The third kappa shape index (κ3) is 3.85. The molecule has 7 nitrogen and oxygen atoms in total. The van der Waals surface area contributed by atoms with Gasteiger partial charge < -0.3 is 20.9 Å². The number of phenols is 1. The Balaban J connectivity index is 1.89. The molecule has 144 valence electrons. The van der Waals surface area contributed by atoms with Crippen LogP contribution in [0.2, 0.25) is 0 Å². The monoisotopic (exact) mass is 397 g/mol. The maximum atomic E-state index is 12.6. The lowest BCUT2D eigenvalue weighted by Crippen LogP contribution is -2.19. The van der Waals surface area contributed by atoms with Gasteiger partial charge in [0.1, 0.15) is 16.6 Å². The molecule has 1 aromatic heterocycles. The minimum absolute atomic E-state index is 0.101. The van der Waals surface area contributed by atoms with Crippen LogP contribution in [0.1, 0.15) is 39.2 Å². The predicted molar refractivity (Wildman–Crippen MR) is 106 cm³/mol. The number of aryl methyl sites for hydroxylation is 1. The molecule has 0 bridgehead atoms. The van der Waals surface area contributed by atoms with Gasteiger partial charge in [-0.1, -0.05) is 6.07 Å². The first-order chi connectivity index (χ1) is 13.4. The molecule has 0 saturated carbocycles. The van der Waals surface area contributed by atoms with Crippen molar-refractivity contribution < 1.29 is 19.4 Å². The van der Waals surface area contributed by atoms with Gasteiger partial charge in [0.15, 0.2) is 11.5 Å². The normalized spacial score (nSPS) is 13.4. The number of thiophene rings is 1. The first-order valence-corrected chi connectivity index (χ1v) is 9.50. The topological polar surface area (TPSA) is 125 Å². The molecule has 3 rings (SSSR count). The number of methoxy groups -OCH3 is 1. The van der Waals surface area contributed by atoms with Crippen LogP contribution in [-0.2, 0) is 17.6 Å². The number of ether oxygens (including phenoxy) is 1. The summed E-state index contributed by atoms with van der Waals surface area (Å²) in [5.74, 6) is -1.04. The summed E-state index contributed by atoms with van der Waals surface area (Å²) in [6, 6.07) is 6.39. The number of hydrogen-bond donors (Lipinski definition) is 3. The third-order valence-electron chi connectivity index (χ3n) is 4.52. The maximum Gasteiger partial charge on any atom is 0.266 e. The number of anilines is 1. The van der Waals surface area contributed by atoms with Gasteiger partial charge in [-0.05, 0) is 55.0 Å². The molecule has 4 N–H and O–H groups in total. The number of rotatable bonds is 5. The molecule has 0 fully saturated rings. The van der Waals surface area contributed by atoms with E-state index in [1.54, 1.807) is 6.07 Å². The molecule has 1 aliphatic carbocycles. The molecular weight excluding hydrogens is 378 g/mol. The summed E-state index contributed by atoms with van der Waals surface area (Å²) < 4.78 is 4.98. The van der Waals surface area contributed by atoms with E-state index in [1.807, 2.05) is 6.07 Å². The molecule has 0 spiro atoms. The number of aromatic hydroxyl groups is 1. The van der Waals surface area contributed by atoms with Gasteiger partial charge in [0.2, 0.25) is 0 Å². The van der Waals surface area contributed by atoms with Crippen LogP contribution in [-0.4, -0.2) is 24.0 Å². The fourth-order valence-electron chi connectivity index (χ4n) is 3.20. The van der Waals surface area contributed by atoms with Crippen molar-refractivity contribution in [1.82, 2.24) is 0 Å². The lowest BCUT2D eigenvalue weighted by atomic mass is 9.95. The Labute approximate surface area is 166 Å². The highest BCUT2D eigenvalue weighted by Crippen LogP contribution is 2.38. The van der Waals surface area contributed by atoms with Gasteiger partial charge in [0.25, 0.3) is 11.8 Å². The Kier molecular flexibility index (Phi) is 5.66. The number of nitrogens with zero attached hydrogens (tertiary/aromatic N) is 1. The number of hydrogen-bond acceptors (Lipinski definition) is 6. The van der Waals surface area contributed by atoms with Crippen molar-refractivity contribution in [1.29, 1.82) is 5.26 Å². The van der Waals surface area contributed by atoms with Crippen molar-refractivity contribution in [2.45, 2.75) is 25.7 Å². The SMILES string of the molecule is COc1ccc(C=C(C#N)C(=O)Nc2sc3c(c2C(N)=O)CCCC3)cc1O. The number of benzene rings is 1. The second-order valence-electron chi connectivity index (χ2n) is 6.33. The molecule has 28 heavy (non-hydrogen) atoms. The Morgan fingerprint density at radius 2 is 2.11 bits per heavy atom. The van der Waals surface area contributed by atoms with Crippen LogP contribution in [0.15, 0.2) is 23.8 Å². The number of amides is 2. The predicted octanol–water partition coefficient (Wildman–Crippen LogP) is 2.99. The summed E-state index contributed by atoms with van der Waals surface area (Å²) in [7, 11) is 1.43. The summed E-state index contributed by atoms with van der Waals surface area (Å²) in [6.07, 6.45) is 4.96. The Bertz CT molecular complexity index is 1020. The fourth-order valence-corrected chi connectivity index (χ4v) is 4.49. The van der Waals surface area contributed by atoms with Crippen LogP contribution in [0.25, 0.3) is 6.08 Å². The number of primary amides is 1. The van der Waals surface area contributed by atoms with E-state index in [2.05, 4.69) is 5.32 Å². The van der Waals surface area contributed by atoms with Crippen LogP contribution in [0.5, 0.6) is 11.5 Å². The zero-order valence-corrected chi connectivity index (χ0v) is 16.1. The molecule has 1 aliphatic rings. The van der Waals surface area contributed by atoms with E-state index in [4.69, 9.17) is 10.5 Å². The molecule has 1 aromatic carbocycles. The van der Waals surface area contributed by atoms with E-state index in [-0.39, 0.29) is 17.1 Å². The average Bonchev–Trinajstić information content (AvgIpc) is 3.04. The van der Waals surface area contributed by atoms with Gasteiger partial charge in [0, 0.05) is 4.88 Å². The van der Waals surface area contributed by atoms with E-state index < -0.39 is 11.8 Å². The number of nitriles is 1. The average molecular weight is 397 g/mol. The van der Waals surface area contributed by atoms with E-state index in [1.165, 1.54) is 36.7 Å². The van der Waals surface area contributed by atoms with E-state index in [0.717, 1.165) is 36.1 Å². The van der Waals surface area contributed by atoms with E-state index in [9.17, 15) is 20.0 Å². The molecule has 0 unspecified atom stereocenters. The molecule has 0 radical (unpaired) electrons. The summed E-state index contributed by atoms with van der Waals surface area (Å²) in [4.78, 5) is 25.6. The third-order valence-corrected chi connectivity index (χ3v) is 5.73. The van der Waals surface area contributed by atoms with Gasteiger partial charge in [-0.3, -0.25) is 9.59 Å². The van der Waals surface area contributed by atoms with Crippen LogP contribution in [0, 0.1) is 11.3 Å². The number of fused-ring (bicyclic) bond motifs is 1. The molecule has 0 saturated heterocycles. The molecule has 1 heterocycles. The number of carbonyl (C=O) groups excluding carboxylic acids is 2. The zero-order chi connectivity index (χ0) is 20.3. The van der Waals surface area contributed by atoms with Gasteiger partial charge in [-0.15, -0.1) is 11.3 Å². The molecule has 0 atom stereocenters. The molecule has 2 amide bonds. The van der Waals surface area contributed by atoms with E-state index in [0.29, 0.717) is 16.1 Å². The summed E-state index contributed by atoms with van der Waals surface area (Å²) in [6.45, 7) is 0. The molecule has 2 aromatic rings. The Hall–Kier alpha value is -3.31. The highest BCUT2D eigenvalue weighted by Gasteiger charge is 2.25. The second kappa shape index (κ2) is 8.15. The highest BCUT2D eigenvalue weighted by atomic mass is 32.1. The quantitative estimate of drug-likeness (QED) is 0.528. The summed E-state index contributed by atoms with van der Waals surface area (Å²) in [5.41, 5.74) is 7.08. The summed E-state index contributed by atoms with van der Waals surface area (Å²) >= 11 is 1.33. The highest BCUT2D eigenvalue weighted by molar-refractivity contribution is 7.17. The van der Waals surface area contributed by atoms with Crippen LogP contribution in [0.4, 0.5) is 5.00 Å². The molecule has 8 heteroatoms. The number of carbonyl (C=O) groups is 2. The van der Waals surface area contributed by atoms with Crippen molar-refractivity contribution in [3.8, 4) is 17.6 Å².